The summed E-state index contributed by atoms with van der Waals surface area (Å²) >= 11 is 15.5. The fourth-order valence-electron chi connectivity index (χ4n) is 3.34. The van der Waals surface area contributed by atoms with Gasteiger partial charge in [0.2, 0.25) is 0 Å². The van der Waals surface area contributed by atoms with Gasteiger partial charge in [0, 0.05) is 20.1 Å². The number of hydrogen-bond donors (Lipinski definition) is 1. The van der Waals surface area contributed by atoms with Crippen molar-refractivity contribution < 1.29 is 19.1 Å². The minimum Gasteiger partial charge on any atom is -0.493 e. The number of ether oxygens (including phenoxy) is 2. The van der Waals surface area contributed by atoms with Crippen molar-refractivity contribution in [3.63, 3.8) is 0 Å². The number of carbonyl (C=O) groups excluding carboxylic acids is 2. The molecule has 1 saturated heterocycles. The number of amides is 3. The van der Waals surface area contributed by atoms with Crippen LogP contribution in [0.4, 0.5) is 4.79 Å². The highest BCUT2D eigenvalue weighted by Crippen LogP contribution is 2.31. The molecule has 3 amide bonds. The molecule has 1 heterocycles. The molecule has 174 valence electrons. The van der Waals surface area contributed by atoms with Gasteiger partial charge in [0.05, 0.1) is 13.7 Å². The van der Waals surface area contributed by atoms with E-state index in [1.807, 2.05) is 24.3 Å². The topological polar surface area (TPSA) is 67.9 Å². The van der Waals surface area contributed by atoms with E-state index in [-0.39, 0.29) is 18.8 Å². The van der Waals surface area contributed by atoms with Crippen LogP contribution in [0.5, 0.6) is 11.5 Å². The van der Waals surface area contributed by atoms with Crippen LogP contribution in [0.25, 0.3) is 6.08 Å². The maximum atomic E-state index is 12.8. The predicted molar refractivity (Wildman–Crippen MR) is 135 cm³/mol. The van der Waals surface area contributed by atoms with Gasteiger partial charge in [0.25, 0.3) is 5.91 Å². The third-order valence-corrected chi connectivity index (χ3v) is 6.23. The second kappa shape index (κ2) is 10.5. The van der Waals surface area contributed by atoms with E-state index in [9.17, 15) is 9.59 Å². The number of halogens is 3. The molecule has 1 N–H and O–H groups in total. The maximum absolute atomic E-state index is 12.8. The number of benzene rings is 3. The molecular formula is C25H19BrCl2N2O4. The number of urea groups is 1. The SMILES string of the molecule is COc1cc(/C=C2/NC(=O)N(Cc3ccc(Br)cc3)C2=O)ccc1OCc1ccc(Cl)cc1Cl. The first-order chi connectivity index (χ1) is 16.3. The maximum Gasteiger partial charge on any atom is 0.329 e. The second-order valence-corrected chi connectivity index (χ2v) is 9.20. The molecule has 0 bridgehead atoms. The summed E-state index contributed by atoms with van der Waals surface area (Å²) in [7, 11) is 1.52. The molecule has 0 spiro atoms. The summed E-state index contributed by atoms with van der Waals surface area (Å²) in [6.45, 7) is 0.408. The second-order valence-electron chi connectivity index (χ2n) is 7.44. The summed E-state index contributed by atoms with van der Waals surface area (Å²) in [5, 5.41) is 3.69. The zero-order chi connectivity index (χ0) is 24.2. The summed E-state index contributed by atoms with van der Waals surface area (Å²) in [5.74, 6) is 0.585. The minimum atomic E-state index is -0.467. The average molecular weight is 562 g/mol. The monoisotopic (exact) mass is 560 g/mol. The first kappa shape index (κ1) is 24.1. The number of carbonyl (C=O) groups is 2. The predicted octanol–water partition coefficient (Wildman–Crippen LogP) is 6.44. The molecule has 4 rings (SSSR count). The molecule has 1 aliphatic heterocycles. The van der Waals surface area contributed by atoms with Crippen molar-refractivity contribution in [3.8, 4) is 11.5 Å². The number of hydrogen-bond acceptors (Lipinski definition) is 4. The first-order valence-electron chi connectivity index (χ1n) is 10.2. The Balaban J connectivity index is 1.48. The molecule has 1 fully saturated rings. The molecular weight excluding hydrogens is 543 g/mol. The van der Waals surface area contributed by atoms with Gasteiger partial charge in [0.15, 0.2) is 11.5 Å². The molecule has 3 aromatic rings. The van der Waals surface area contributed by atoms with Crippen LogP contribution in [0.1, 0.15) is 16.7 Å². The van der Waals surface area contributed by atoms with Crippen molar-refractivity contribution in [2.75, 3.05) is 7.11 Å². The Bertz CT molecular complexity index is 1280. The summed E-state index contributed by atoms with van der Waals surface area (Å²) in [4.78, 5) is 26.4. The molecule has 3 aromatic carbocycles. The Hall–Kier alpha value is -3.00. The van der Waals surface area contributed by atoms with E-state index in [4.69, 9.17) is 32.7 Å². The van der Waals surface area contributed by atoms with Gasteiger partial charge in [-0.3, -0.25) is 9.69 Å². The van der Waals surface area contributed by atoms with Crippen molar-refractivity contribution in [1.29, 1.82) is 0 Å². The molecule has 0 saturated carbocycles. The van der Waals surface area contributed by atoms with Crippen LogP contribution in [0.15, 0.2) is 70.8 Å². The van der Waals surface area contributed by atoms with Crippen LogP contribution in [-0.4, -0.2) is 23.9 Å². The summed E-state index contributed by atoms with van der Waals surface area (Å²) in [5.41, 5.74) is 2.48. The quantitative estimate of drug-likeness (QED) is 0.266. The van der Waals surface area contributed by atoms with Gasteiger partial charge in [-0.15, -0.1) is 0 Å². The number of nitrogens with one attached hydrogen (secondary N) is 1. The molecule has 6 nitrogen and oxygen atoms in total. The van der Waals surface area contributed by atoms with Crippen molar-refractivity contribution in [1.82, 2.24) is 10.2 Å². The molecule has 0 aliphatic carbocycles. The van der Waals surface area contributed by atoms with Crippen LogP contribution in [-0.2, 0) is 17.9 Å². The van der Waals surface area contributed by atoms with Gasteiger partial charge in [-0.05, 0) is 53.6 Å². The molecule has 0 unspecified atom stereocenters. The number of rotatable bonds is 7. The van der Waals surface area contributed by atoms with Crippen LogP contribution in [0.2, 0.25) is 10.0 Å². The normalized spacial score (nSPS) is 14.5. The Morgan fingerprint density at radius 1 is 1.00 bits per heavy atom. The lowest BCUT2D eigenvalue weighted by atomic mass is 10.1. The van der Waals surface area contributed by atoms with Crippen LogP contribution in [0, 0.1) is 0 Å². The first-order valence-corrected chi connectivity index (χ1v) is 11.7. The average Bonchev–Trinajstić information content (AvgIpc) is 3.07. The third kappa shape index (κ3) is 5.55. The van der Waals surface area contributed by atoms with Gasteiger partial charge in [0.1, 0.15) is 12.3 Å². The van der Waals surface area contributed by atoms with Gasteiger partial charge < -0.3 is 14.8 Å². The molecule has 34 heavy (non-hydrogen) atoms. The van der Waals surface area contributed by atoms with Crippen molar-refractivity contribution in [2.24, 2.45) is 0 Å². The highest BCUT2D eigenvalue weighted by Gasteiger charge is 2.33. The molecule has 0 atom stereocenters. The highest BCUT2D eigenvalue weighted by molar-refractivity contribution is 9.10. The van der Waals surface area contributed by atoms with E-state index in [0.29, 0.717) is 27.1 Å². The Morgan fingerprint density at radius 2 is 1.76 bits per heavy atom. The zero-order valence-corrected chi connectivity index (χ0v) is 21.1. The van der Waals surface area contributed by atoms with Gasteiger partial charge in [-0.25, -0.2) is 4.79 Å². The van der Waals surface area contributed by atoms with Gasteiger partial charge in [-0.1, -0.05) is 63.4 Å². The zero-order valence-electron chi connectivity index (χ0n) is 18.0. The fourth-order valence-corrected chi connectivity index (χ4v) is 4.07. The molecule has 0 radical (unpaired) electrons. The molecule has 1 aliphatic rings. The fraction of sp³-hybridized carbons (Fsp3) is 0.120. The summed E-state index contributed by atoms with van der Waals surface area (Å²) in [6.07, 6.45) is 1.60. The number of nitrogens with zero attached hydrogens (tertiary/aromatic N) is 1. The number of imide groups is 1. The Kier molecular flexibility index (Phi) is 7.46. The summed E-state index contributed by atoms with van der Waals surface area (Å²) in [6, 6.07) is 17.4. The lowest BCUT2D eigenvalue weighted by Gasteiger charge is -2.13. The smallest absolute Gasteiger partial charge is 0.329 e. The van der Waals surface area contributed by atoms with Crippen LogP contribution in [0.3, 0.4) is 0 Å². The van der Waals surface area contributed by atoms with Crippen molar-refractivity contribution in [3.05, 3.63) is 97.6 Å². The van der Waals surface area contributed by atoms with E-state index < -0.39 is 11.9 Å². The van der Waals surface area contributed by atoms with Crippen LogP contribution < -0.4 is 14.8 Å². The van der Waals surface area contributed by atoms with Crippen molar-refractivity contribution >= 4 is 57.1 Å². The number of methoxy groups -OCH3 is 1. The Labute approximate surface area is 215 Å². The van der Waals surface area contributed by atoms with E-state index in [1.54, 1.807) is 42.5 Å². The Morgan fingerprint density at radius 3 is 2.47 bits per heavy atom. The van der Waals surface area contributed by atoms with E-state index >= 15 is 0 Å². The van der Waals surface area contributed by atoms with E-state index in [2.05, 4.69) is 21.2 Å². The summed E-state index contributed by atoms with van der Waals surface area (Å²) < 4.78 is 12.2. The van der Waals surface area contributed by atoms with Crippen molar-refractivity contribution in [2.45, 2.75) is 13.2 Å². The molecule has 9 heteroatoms. The van der Waals surface area contributed by atoms with E-state index in [1.165, 1.54) is 12.0 Å². The standard InChI is InChI=1S/C25H19BrCl2N2O4/c1-33-23-11-16(4-9-22(23)34-14-17-5-8-19(27)12-20(17)28)10-21-24(31)30(25(32)29-21)13-15-2-6-18(26)7-3-15/h2-12H,13-14H2,1H3,(H,29,32)/b21-10+. The van der Waals surface area contributed by atoms with Crippen LogP contribution >= 0.6 is 39.1 Å². The lowest BCUT2D eigenvalue weighted by molar-refractivity contribution is -0.123. The minimum absolute atomic E-state index is 0.179. The van der Waals surface area contributed by atoms with Gasteiger partial charge in [-0.2, -0.15) is 0 Å². The third-order valence-electron chi connectivity index (χ3n) is 5.11. The highest BCUT2D eigenvalue weighted by atomic mass is 79.9. The van der Waals surface area contributed by atoms with Gasteiger partial charge >= 0.3 is 6.03 Å². The lowest BCUT2D eigenvalue weighted by Crippen LogP contribution is -2.30. The largest absolute Gasteiger partial charge is 0.493 e. The van der Waals surface area contributed by atoms with E-state index in [0.717, 1.165) is 15.6 Å². The molecule has 0 aromatic heterocycles.